The largest absolute Gasteiger partial charge is 0.478 e. The fourth-order valence-electron chi connectivity index (χ4n) is 1.64. The summed E-state index contributed by atoms with van der Waals surface area (Å²) in [5, 5.41) is 12.2. The summed E-state index contributed by atoms with van der Waals surface area (Å²) in [7, 11) is 0. The topological polar surface area (TPSA) is 49.3 Å². The Labute approximate surface area is 96.5 Å². The van der Waals surface area contributed by atoms with Crippen molar-refractivity contribution in [3.05, 3.63) is 35.4 Å². The fraction of sp³-hybridized carbons (Fsp3) is 0.462. The molecule has 88 valence electrons. The van der Waals surface area contributed by atoms with E-state index in [0.717, 1.165) is 24.9 Å². The van der Waals surface area contributed by atoms with E-state index < -0.39 is 5.97 Å². The normalized spacial score (nSPS) is 12.4. The Morgan fingerprint density at radius 3 is 2.88 bits per heavy atom. The van der Waals surface area contributed by atoms with Crippen LogP contribution in [0.15, 0.2) is 24.3 Å². The summed E-state index contributed by atoms with van der Waals surface area (Å²) in [6.45, 7) is 5.02. The van der Waals surface area contributed by atoms with Crippen molar-refractivity contribution in [2.75, 3.05) is 0 Å². The van der Waals surface area contributed by atoms with Crippen LogP contribution in [-0.4, -0.2) is 17.1 Å². The third-order valence-corrected chi connectivity index (χ3v) is 2.55. The first-order valence-electron chi connectivity index (χ1n) is 5.69. The van der Waals surface area contributed by atoms with Crippen molar-refractivity contribution in [2.24, 2.45) is 0 Å². The molecule has 1 rings (SSSR count). The molecule has 0 fully saturated rings. The van der Waals surface area contributed by atoms with Gasteiger partial charge in [0, 0.05) is 12.6 Å². The zero-order valence-electron chi connectivity index (χ0n) is 9.86. The highest BCUT2D eigenvalue weighted by atomic mass is 16.4. The van der Waals surface area contributed by atoms with E-state index in [0.29, 0.717) is 11.6 Å². The molecule has 0 bridgehead atoms. The number of carboxylic acids is 1. The van der Waals surface area contributed by atoms with Gasteiger partial charge in [-0.2, -0.15) is 0 Å². The highest BCUT2D eigenvalue weighted by Gasteiger charge is 2.04. The summed E-state index contributed by atoms with van der Waals surface area (Å²) in [6.07, 6.45) is 2.29. The molecule has 0 spiro atoms. The second-order valence-corrected chi connectivity index (χ2v) is 4.08. The Balaban J connectivity index is 2.54. The summed E-state index contributed by atoms with van der Waals surface area (Å²) in [4.78, 5) is 10.8. The molecule has 0 aromatic heterocycles. The number of hydrogen-bond donors (Lipinski definition) is 2. The lowest BCUT2D eigenvalue weighted by molar-refractivity contribution is 0.0697. The zero-order chi connectivity index (χ0) is 12.0. The highest BCUT2D eigenvalue weighted by molar-refractivity contribution is 5.87. The average Bonchev–Trinajstić information content (AvgIpc) is 2.27. The Kier molecular flexibility index (Phi) is 4.99. The maximum atomic E-state index is 10.8. The minimum Gasteiger partial charge on any atom is -0.478 e. The predicted molar refractivity (Wildman–Crippen MR) is 64.6 cm³/mol. The highest BCUT2D eigenvalue weighted by Crippen LogP contribution is 2.06. The van der Waals surface area contributed by atoms with Crippen LogP contribution in [0.3, 0.4) is 0 Å². The minimum atomic E-state index is -0.872. The van der Waals surface area contributed by atoms with E-state index in [-0.39, 0.29) is 0 Å². The molecule has 3 heteroatoms. The molecule has 0 saturated carbocycles. The third-order valence-electron chi connectivity index (χ3n) is 2.55. The standard InChI is InChI=1S/C13H19NO2/c1-3-5-10(2)14-9-11-6-4-7-12(8-11)13(15)16/h4,6-8,10,14H,3,5,9H2,1-2H3,(H,15,16). The first-order chi connectivity index (χ1) is 7.63. The molecule has 0 amide bonds. The molecule has 1 aromatic carbocycles. The van der Waals surface area contributed by atoms with Gasteiger partial charge in [-0.05, 0) is 31.0 Å². The smallest absolute Gasteiger partial charge is 0.335 e. The molecule has 0 aliphatic rings. The number of nitrogens with one attached hydrogen (secondary N) is 1. The Bertz CT molecular complexity index is 350. The lowest BCUT2D eigenvalue weighted by atomic mass is 10.1. The molecular weight excluding hydrogens is 202 g/mol. The van der Waals surface area contributed by atoms with Crippen molar-refractivity contribution in [2.45, 2.75) is 39.3 Å². The van der Waals surface area contributed by atoms with Crippen LogP contribution >= 0.6 is 0 Å². The van der Waals surface area contributed by atoms with Crippen molar-refractivity contribution in [1.82, 2.24) is 5.32 Å². The van der Waals surface area contributed by atoms with Gasteiger partial charge >= 0.3 is 5.97 Å². The van der Waals surface area contributed by atoms with Crippen LogP contribution < -0.4 is 5.32 Å². The lowest BCUT2D eigenvalue weighted by Crippen LogP contribution is -2.25. The number of aromatic carboxylic acids is 1. The van der Waals surface area contributed by atoms with E-state index in [1.54, 1.807) is 18.2 Å². The minimum absolute atomic E-state index is 0.349. The van der Waals surface area contributed by atoms with Crippen LogP contribution in [-0.2, 0) is 6.54 Å². The molecule has 0 radical (unpaired) electrons. The first kappa shape index (κ1) is 12.7. The van der Waals surface area contributed by atoms with Gasteiger partial charge < -0.3 is 10.4 Å². The van der Waals surface area contributed by atoms with Gasteiger partial charge in [0.2, 0.25) is 0 Å². The van der Waals surface area contributed by atoms with Crippen molar-refractivity contribution in [1.29, 1.82) is 0 Å². The van der Waals surface area contributed by atoms with Gasteiger partial charge in [0.05, 0.1) is 5.56 Å². The Morgan fingerprint density at radius 2 is 2.25 bits per heavy atom. The van der Waals surface area contributed by atoms with Crippen LogP contribution in [0.2, 0.25) is 0 Å². The van der Waals surface area contributed by atoms with E-state index in [4.69, 9.17) is 5.11 Å². The van der Waals surface area contributed by atoms with E-state index in [1.807, 2.05) is 6.07 Å². The molecule has 0 heterocycles. The van der Waals surface area contributed by atoms with Crippen LogP contribution in [0.1, 0.15) is 42.6 Å². The van der Waals surface area contributed by atoms with Gasteiger partial charge in [0.1, 0.15) is 0 Å². The van der Waals surface area contributed by atoms with Crippen LogP contribution in [0.4, 0.5) is 0 Å². The Hall–Kier alpha value is -1.35. The van der Waals surface area contributed by atoms with Crippen LogP contribution in [0, 0.1) is 0 Å². The molecule has 1 aromatic rings. The van der Waals surface area contributed by atoms with E-state index in [9.17, 15) is 4.79 Å². The van der Waals surface area contributed by atoms with Gasteiger partial charge in [-0.15, -0.1) is 0 Å². The molecule has 16 heavy (non-hydrogen) atoms. The summed E-state index contributed by atoms with van der Waals surface area (Å²) in [6, 6.07) is 7.52. The number of carboxylic acid groups (broad SMARTS) is 1. The fourth-order valence-corrected chi connectivity index (χ4v) is 1.64. The van der Waals surface area contributed by atoms with Crippen LogP contribution in [0.5, 0.6) is 0 Å². The number of benzene rings is 1. The predicted octanol–water partition coefficient (Wildman–Crippen LogP) is 2.66. The quantitative estimate of drug-likeness (QED) is 0.776. The average molecular weight is 221 g/mol. The monoisotopic (exact) mass is 221 g/mol. The van der Waals surface area contributed by atoms with Gasteiger partial charge in [-0.3, -0.25) is 0 Å². The van der Waals surface area contributed by atoms with Gasteiger partial charge in [0.15, 0.2) is 0 Å². The zero-order valence-corrected chi connectivity index (χ0v) is 9.86. The molecule has 3 nitrogen and oxygen atoms in total. The molecule has 2 N–H and O–H groups in total. The summed E-state index contributed by atoms with van der Waals surface area (Å²) < 4.78 is 0. The molecule has 0 aliphatic carbocycles. The maximum absolute atomic E-state index is 10.8. The van der Waals surface area contributed by atoms with Gasteiger partial charge in [-0.1, -0.05) is 25.5 Å². The second-order valence-electron chi connectivity index (χ2n) is 4.08. The van der Waals surface area contributed by atoms with Crippen molar-refractivity contribution in [3.63, 3.8) is 0 Å². The van der Waals surface area contributed by atoms with E-state index >= 15 is 0 Å². The van der Waals surface area contributed by atoms with E-state index in [1.165, 1.54) is 0 Å². The van der Waals surface area contributed by atoms with Crippen molar-refractivity contribution >= 4 is 5.97 Å². The number of carbonyl (C=O) groups is 1. The summed E-state index contributed by atoms with van der Waals surface area (Å²) >= 11 is 0. The summed E-state index contributed by atoms with van der Waals surface area (Å²) in [5.74, 6) is -0.872. The molecule has 0 aliphatic heterocycles. The van der Waals surface area contributed by atoms with Gasteiger partial charge in [-0.25, -0.2) is 4.79 Å². The van der Waals surface area contributed by atoms with Crippen molar-refractivity contribution < 1.29 is 9.90 Å². The SMILES string of the molecule is CCCC(C)NCc1cccc(C(=O)O)c1. The number of hydrogen-bond acceptors (Lipinski definition) is 2. The Morgan fingerprint density at radius 1 is 1.50 bits per heavy atom. The third kappa shape index (κ3) is 4.03. The summed E-state index contributed by atoms with van der Waals surface area (Å²) in [5.41, 5.74) is 1.37. The molecule has 0 saturated heterocycles. The van der Waals surface area contributed by atoms with E-state index in [2.05, 4.69) is 19.2 Å². The molecule has 1 unspecified atom stereocenters. The van der Waals surface area contributed by atoms with Gasteiger partial charge in [0.25, 0.3) is 0 Å². The van der Waals surface area contributed by atoms with Crippen LogP contribution in [0.25, 0.3) is 0 Å². The molecular formula is C13H19NO2. The molecule has 1 atom stereocenters. The lowest BCUT2D eigenvalue weighted by Gasteiger charge is -2.12. The first-order valence-corrected chi connectivity index (χ1v) is 5.69. The second kappa shape index (κ2) is 6.28. The maximum Gasteiger partial charge on any atom is 0.335 e. The number of rotatable bonds is 6. The van der Waals surface area contributed by atoms with Crippen molar-refractivity contribution in [3.8, 4) is 0 Å².